The topological polar surface area (TPSA) is 35.2 Å². The zero-order valence-corrected chi connectivity index (χ0v) is 9.87. The van der Waals surface area contributed by atoms with Gasteiger partial charge in [0.1, 0.15) is 5.75 Å². The van der Waals surface area contributed by atoms with Gasteiger partial charge >= 0.3 is 0 Å². The van der Waals surface area contributed by atoms with Crippen molar-refractivity contribution in [2.24, 2.45) is 5.73 Å². The van der Waals surface area contributed by atoms with Gasteiger partial charge in [-0.25, -0.2) is 0 Å². The molecule has 16 heavy (non-hydrogen) atoms. The van der Waals surface area contributed by atoms with Gasteiger partial charge in [-0.3, -0.25) is 0 Å². The minimum absolute atomic E-state index is 0.671. The third-order valence-electron chi connectivity index (χ3n) is 2.31. The van der Waals surface area contributed by atoms with Gasteiger partial charge in [-0.05, 0) is 53.1 Å². The third kappa shape index (κ3) is 2.84. The van der Waals surface area contributed by atoms with Crippen molar-refractivity contribution in [2.45, 2.75) is 6.42 Å². The van der Waals surface area contributed by atoms with E-state index in [1.165, 1.54) is 11.1 Å². The molecule has 0 unspecified atom stereocenters. The van der Waals surface area contributed by atoms with E-state index >= 15 is 0 Å². The fourth-order valence-electron chi connectivity index (χ4n) is 1.47. The molecule has 1 aromatic carbocycles. The Balaban J connectivity index is 2.08. The van der Waals surface area contributed by atoms with Gasteiger partial charge in [-0.1, -0.05) is 12.1 Å². The van der Waals surface area contributed by atoms with Crippen LogP contribution in [0.2, 0.25) is 0 Å². The van der Waals surface area contributed by atoms with Crippen molar-refractivity contribution in [2.75, 3.05) is 13.2 Å². The Morgan fingerprint density at radius 3 is 2.88 bits per heavy atom. The molecule has 84 valence electrons. The van der Waals surface area contributed by atoms with E-state index in [-0.39, 0.29) is 0 Å². The molecule has 0 saturated heterocycles. The maximum atomic E-state index is 5.61. The number of nitrogens with two attached hydrogens (primary N) is 1. The van der Waals surface area contributed by atoms with Crippen LogP contribution in [0.25, 0.3) is 11.1 Å². The highest BCUT2D eigenvalue weighted by Gasteiger charge is 1.99. The van der Waals surface area contributed by atoms with Crippen LogP contribution < -0.4 is 10.5 Å². The smallest absolute Gasteiger partial charge is 0.119 e. The molecule has 0 radical (unpaired) electrons. The van der Waals surface area contributed by atoms with Crippen molar-refractivity contribution in [1.29, 1.82) is 0 Å². The van der Waals surface area contributed by atoms with Gasteiger partial charge in [-0.2, -0.15) is 11.3 Å². The molecule has 0 aliphatic carbocycles. The molecule has 0 aliphatic rings. The molecular formula is C13H15NOS. The van der Waals surface area contributed by atoms with Crippen LogP contribution in [-0.2, 0) is 0 Å². The molecular weight excluding hydrogens is 218 g/mol. The average molecular weight is 233 g/mol. The molecule has 0 saturated carbocycles. The van der Waals surface area contributed by atoms with Gasteiger partial charge in [0.2, 0.25) is 0 Å². The molecule has 0 fully saturated rings. The van der Waals surface area contributed by atoms with Crippen LogP contribution in [0.4, 0.5) is 0 Å². The predicted molar refractivity (Wildman–Crippen MR) is 68.9 cm³/mol. The fraction of sp³-hybridized carbons (Fsp3) is 0.231. The standard InChI is InChI=1S/C13H15NOS/c14-6-2-7-15-13-4-1-3-11(9-13)12-5-8-16-10-12/h1,3-5,8-10H,2,6-7,14H2. The summed E-state index contributed by atoms with van der Waals surface area (Å²) in [6, 6.07) is 10.3. The summed E-state index contributed by atoms with van der Waals surface area (Å²) in [5.41, 5.74) is 7.87. The SMILES string of the molecule is NCCCOc1cccc(-c2ccsc2)c1. The minimum Gasteiger partial charge on any atom is -0.494 e. The number of hydrogen-bond donors (Lipinski definition) is 1. The Bertz CT molecular complexity index is 425. The molecule has 3 heteroatoms. The lowest BCUT2D eigenvalue weighted by atomic mass is 10.1. The lowest BCUT2D eigenvalue weighted by molar-refractivity contribution is 0.313. The van der Waals surface area contributed by atoms with Crippen molar-refractivity contribution >= 4 is 11.3 Å². The molecule has 0 amide bonds. The van der Waals surface area contributed by atoms with Crippen molar-refractivity contribution in [3.8, 4) is 16.9 Å². The number of hydrogen-bond acceptors (Lipinski definition) is 3. The lowest BCUT2D eigenvalue weighted by Gasteiger charge is -2.06. The molecule has 0 atom stereocenters. The summed E-state index contributed by atoms with van der Waals surface area (Å²) in [6.07, 6.45) is 0.892. The maximum absolute atomic E-state index is 5.61. The van der Waals surface area contributed by atoms with E-state index in [1.807, 2.05) is 12.1 Å². The van der Waals surface area contributed by atoms with Crippen molar-refractivity contribution in [3.05, 3.63) is 41.1 Å². The van der Waals surface area contributed by atoms with Gasteiger partial charge in [-0.15, -0.1) is 0 Å². The first-order chi connectivity index (χ1) is 7.90. The van der Waals surface area contributed by atoms with Crippen molar-refractivity contribution < 1.29 is 4.74 Å². The summed E-state index contributed by atoms with van der Waals surface area (Å²) in [4.78, 5) is 0. The third-order valence-corrected chi connectivity index (χ3v) is 2.99. The van der Waals surface area contributed by atoms with E-state index in [1.54, 1.807) is 11.3 Å². The second-order valence-corrected chi connectivity index (χ2v) is 4.31. The van der Waals surface area contributed by atoms with Crippen LogP contribution in [0.5, 0.6) is 5.75 Å². The van der Waals surface area contributed by atoms with E-state index < -0.39 is 0 Å². The second-order valence-electron chi connectivity index (χ2n) is 3.53. The highest BCUT2D eigenvalue weighted by molar-refractivity contribution is 7.08. The first-order valence-corrected chi connectivity index (χ1v) is 6.30. The monoisotopic (exact) mass is 233 g/mol. The summed E-state index contributed by atoms with van der Waals surface area (Å²) >= 11 is 1.70. The van der Waals surface area contributed by atoms with Gasteiger partial charge in [0, 0.05) is 0 Å². The van der Waals surface area contributed by atoms with Gasteiger partial charge in [0.25, 0.3) is 0 Å². The molecule has 2 rings (SSSR count). The summed E-state index contributed by atoms with van der Waals surface area (Å²) < 4.78 is 5.61. The first-order valence-electron chi connectivity index (χ1n) is 5.35. The minimum atomic E-state index is 0.671. The summed E-state index contributed by atoms with van der Waals surface area (Å²) in [6.45, 7) is 1.35. The lowest BCUT2D eigenvalue weighted by Crippen LogP contribution is -2.05. The molecule has 1 aromatic heterocycles. The van der Waals surface area contributed by atoms with E-state index in [2.05, 4.69) is 29.0 Å². The van der Waals surface area contributed by atoms with Crippen molar-refractivity contribution in [1.82, 2.24) is 0 Å². The highest BCUT2D eigenvalue weighted by Crippen LogP contribution is 2.25. The van der Waals surface area contributed by atoms with Gasteiger partial charge < -0.3 is 10.5 Å². The zero-order valence-electron chi connectivity index (χ0n) is 9.06. The van der Waals surface area contributed by atoms with Crippen LogP contribution in [-0.4, -0.2) is 13.2 Å². The summed E-state index contributed by atoms with van der Waals surface area (Å²) in [5.74, 6) is 0.914. The zero-order chi connectivity index (χ0) is 11.2. The molecule has 0 spiro atoms. The van der Waals surface area contributed by atoms with Crippen LogP contribution in [0.15, 0.2) is 41.1 Å². The van der Waals surface area contributed by atoms with E-state index in [4.69, 9.17) is 10.5 Å². The molecule has 2 aromatic rings. The van der Waals surface area contributed by atoms with E-state index in [9.17, 15) is 0 Å². The normalized spacial score (nSPS) is 10.3. The summed E-state index contributed by atoms with van der Waals surface area (Å²) in [7, 11) is 0. The number of benzene rings is 1. The van der Waals surface area contributed by atoms with Crippen molar-refractivity contribution in [3.63, 3.8) is 0 Å². The second kappa shape index (κ2) is 5.68. The predicted octanol–water partition coefficient (Wildman–Crippen LogP) is 3.14. The van der Waals surface area contributed by atoms with Crippen LogP contribution in [0.1, 0.15) is 6.42 Å². The highest BCUT2D eigenvalue weighted by atomic mass is 32.1. The fourth-order valence-corrected chi connectivity index (χ4v) is 2.13. The van der Waals surface area contributed by atoms with Gasteiger partial charge in [0.05, 0.1) is 6.61 Å². The average Bonchev–Trinajstić information content (AvgIpc) is 2.83. The Kier molecular flexibility index (Phi) is 3.97. The van der Waals surface area contributed by atoms with Gasteiger partial charge in [0.15, 0.2) is 0 Å². The Hall–Kier alpha value is -1.32. The number of rotatable bonds is 5. The van der Waals surface area contributed by atoms with E-state index in [0.29, 0.717) is 13.2 Å². The number of ether oxygens (including phenoxy) is 1. The largest absolute Gasteiger partial charge is 0.494 e. The molecule has 2 N–H and O–H groups in total. The Morgan fingerprint density at radius 2 is 2.12 bits per heavy atom. The Morgan fingerprint density at radius 1 is 1.19 bits per heavy atom. The molecule has 0 bridgehead atoms. The first kappa shape index (κ1) is 11.2. The number of thiophene rings is 1. The van der Waals surface area contributed by atoms with Crippen LogP contribution in [0.3, 0.4) is 0 Å². The maximum Gasteiger partial charge on any atom is 0.119 e. The van der Waals surface area contributed by atoms with E-state index in [0.717, 1.165) is 12.2 Å². The van der Waals surface area contributed by atoms with Crippen LogP contribution in [0, 0.1) is 0 Å². The quantitative estimate of drug-likeness (QED) is 0.805. The summed E-state index contributed by atoms with van der Waals surface area (Å²) in [5, 5.41) is 4.22. The van der Waals surface area contributed by atoms with Crippen LogP contribution >= 0.6 is 11.3 Å². The Labute approximate surface area is 99.7 Å². The molecule has 0 aliphatic heterocycles. The molecule has 2 nitrogen and oxygen atoms in total. The molecule has 1 heterocycles.